The van der Waals surface area contributed by atoms with E-state index < -0.39 is 6.47 Å². The lowest BCUT2D eigenvalue weighted by atomic mass is 9.89. The zero-order chi connectivity index (χ0) is 21.0. The molecule has 0 N–H and O–H groups in total. The van der Waals surface area contributed by atoms with E-state index in [0.29, 0.717) is 11.6 Å². The fraction of sp³-hybridized carbons (Fsp3) is 0.400. The van der Waals surface area contributed by atoms with Gasteiger partial charge >= 0.3 is 0 Å². The van der Waals surface area contributed by atoms with E-state index >= 15 is 0 Å². The van der Waals surface area contributed by atoms with Crippen LogP contribution in [-0.2, 0) is 4.79 Å². The van der Waals surface area contributed by atoms with Crippen molar-refractivity contribution in [1.29, 1.82) is 0 Å². The average Bonchev–Trinajstić information content (AvgIpc) is 3.33. The first-order valence-electron chi connectivity index (χ1n) is 9.45. The molecular weight excluding hydrogens is 370 g/mol. The molecule has 4 rings (SSSR count). The third-order valence-electron chi connectivity index (χ3n) is 5.08. The number of pyridine rings is 1. The molecule has 0 aliphatic carbocycles. The summed E-state index contributed by atoms with van der Waals surface area (Å²) in [4.78, 5) is 19.7. The Bertz CT molecular complexity index is 974. The molecule has 2 aromatic rings. The van der Waals surface area contributed by atoms with Gasteiger partial charge in [0.15, 0.2) is 0 Å². The van der Waals surface area contributed by atoms with E-state index in [9.17, 15) is 0 Å². The summed E-state index contributed by atoms with van der Waals surface area (Å²) in [6.45, 7) is 10.2. The van der Waals surface area contributed by atoms with Crippen molar-refractivity contribution in [1.82, 2.24) is 24.8 Å². The van der Waals surface area contributed by atoms with Gasteiger partial charge in [0, 0.05) is 43.1 Å². The number of fused-ring (bicyclic) bond motifs is 1. The maximum atomic E-state index is 8.25. The molecule has 2 aromatic heterocycles. The van der Waals surface area contributed by atoms with Crippen LogP contribution >= 0.6 is 0 Å². The van der Waals surface area contributed by atoms with Gasteiger partial charge < -0.3 is 14.8 Å². The Morgan fingerprint density at radius 2 is 2.00 bits per heavy atom. The highest BCUT2D eigenvalue weighted by Crippen LogP contribution is 2.39. The van der Waals surface area contributed by atoms with Crippen LogP contribution in [0.25, 0.3) is 11.5 Å². The van der Waals surface area contributed by atoms with E-state index in [2.05, 4.69) is 46.0 Å². The molecule has 4 heterocycles. The summed E-state index contributed by atoms with van der Waals surface area (Å²) in [6, 6.07) is 5.71. The fourth-order valence-corrected chi connectivity index (χ4v) is 3.49. The summed E-state index contributed by atoms with van der Waals surface area (Å²) in [5, 5.41) is 21.4. The number of carboxylic acid groups (broad SMARTS) is 1. The van der Waals surface area contributed by atoms with Gasteiger partial charge in [-0.15, -0.1) is 10.2 Å². The molecule has 0 unspecified atom stereocenters. The van der Waals surface area contributed by atoms with Crippen molar-refractivity contribution in [3.05, 3.63) is 42.1 Å². The SMILES string of the molecule is CCN1CCC(C)(C)C1=CN=C1C(C)=Nn2c1nnc2-c1ccccn1.O=C[O-]. The number of aromatic nitrogens is 4. The van der Waals surface area contributed by atoms with Gasteiger partial charge in [-0.25, -0.2) is 4.99 Å². The lowest BCUT2D eigenvalue weighted by Gasteiger charge is -2.24. The topological polar surface area (TPSA) is 112 Å². The van der Waals surface area contributed by atoms with Gasteiger partial charge in [0.1, 0.15) is 11.4 Å². The van der Waals surface area contributed by atoms with Crippen LogP contribution in [0.2, 0.25) is 0 Å². The predicted molar refractivity (Wildman–Crippen MR) is 108 cm³/mol. The molecular formula is C20H24N7O2-. The van der Waals surface area contributed by atoms with Crippen molar-refractivity contribution in [2.24, 2.45) is 15.5 Å². The van der Waals surface area contributed by atoms with Gasteiger partial charge in [0.05, 0.1) is 5.71 Å². The largest absolute Gasteiger partial charge is 0.554 e. The summed E-state index contributed by atoms with van der Waals surface area (Å²) in [6.07, 6.45) is 4.86. The Morgan fingerprint density at radius 1 is 1.28 bits per heavy atom. The minimum Gasteiger partial charge on any atom is -0.554 e. The van der Waals surface area contributed by atoms with Crippen LogP contribution in [0, 0.1) is 5.41 Å². The zero-order valence-corrected chi connectivity index (χ0v) is 17.0. The highest BCUT2D eigenvalue weighted by Gasteiger charge is 2.34. The standard InChI is InChI=1S/C19H23N7.CH2O2/c1-5-25-11-9-19(3,4)15(25)12-21-16-13(2)24-26-17(22-23-18(16)26)14-8-6-7-10-20-14;2-1-3/h6-8,10,12H,5,9,11H2,1-4H3;1H,(H,2,3)/p-1. The molecule has 152 valence electrons. The summed E-state index contributed by atoms with van der Waals surface area (Å²) >= 11 is 0. The van der Waals surface area contributed by atoms with Crippen molar-refractivity contribution < 1.29 is 9.90 Å². The molecule has 29 heavy (non-hydrogen) atoms. The molecule has 0 saturated carbocycles. The lowest BCUT2D eigenvalue weighted by molar-refractivity contribution is -0.283. The number of nitrogens with zero attached hydrogens (tertiary/aromatic N) is 7. The second-order valence-corrected chi connectivity index (χ2v) is 7.36. The van der Waals surface area contributed by atoms with Gasteiger partial charge in [0.2, 0.25) is 11.6 Å². The van der Waals surface area contributed by atoms with Gasteiger partial charge in [-0.3, -0.25) is 4.98 Å². The van der Waals surface area contributed by atoms with Crippen molar-refractivity contribution in [3.8, 4) is 11.5 Å². The second kappa shape index (κ2) is 8.34. The molecule has 2 aliphatic rings. The van der Waals surface area contributed by atoms with E-state index in [1.54, 1.807) is 10.9 Å². The van der Waals surface area contributed by atoms with Gasteiger partial charge in [-0.2, -0.15) is 9.78 Å². The van der Waals surface area contributed by atoms with Crippen molar-refractivity contribution in [3.63, 3.8) is 0 Å². The van der Waals surface area contributed by atoms with Gasteiger partial charge in [-0.1, -0.05) is 19.9 Å². The van der Waals surface area contributed by atoms with E-state index in [-0.39, 0.29) is 5.41 Å². The van der Waals surface area contributed by atoms with Crippen LogP contribution in [0.4, 0.5) is 0 Å². The Kier molecular flexibility index (Phi) is 5.86. The predicted octanol–water partition coefficient (Wildman–Crippen LogP) is 1.33. The average molecular weight is 394 g/mol. The van der Waals surface area contributed by atoms with Crippen LogP contribution in [0.15, 0.2) is 46.4 Å². The van der Waals surface area contributed by atoms with E-state index in [1.807, 2.05) is 31.3 Å². The number of carbonyl (C=O) groups excluding carboxylic acids is 1. The van der Waals surface area contributed by atoms with E-state index in [1.165, 1.54) is 5.70 Å². The maximum absolute atomic E-state index is 8.25. The fourth-order valence-electron chi connectivity index (χ4n) is 3.49. The quantitative estimate of drug-likeness (QED) is 0.726. The number of likely N-dealkylation sites (tertiary alicyclic amines) is 1. The summed E-state index contributed by atoms with van der Waals surface area (Å²) in [5.74, 6) is 1.30. The first-order chi connectivity index (χ1) is 13.9. The van der Waals surface area contributed by atoms with Crippen LogP contribution in [0.5, 0.6) is 0 Å². The number of allylic oxidation sites excluding steroid dienone is 1. The van der Waals surface area contributed by atoms with E-state index in [4.69, 9.17) is 14.9 Å². The third kappa shape index (κ3) is 3.94. The molecule has 1 saturated heterocycles. The smallest absolute Gasteiger partial charge is 0.205 e. The molecule has 9 heteroatoms. The van der Waals surface area contributed by atoms with Crippen molar-refractivity contribution in [2.45, 2.75) is 34.1 Å². The van der Waals surface area contributed by atoms with Crippen LogP contribution in [0.1, 0.15) is 39.9 Å². The number of hydrogen-bond acceptors (Lipinski definition) is 8. The minimum atomic E-state index is -0.500. The molecule has 0 radical (unpaired) electrons. The van der Waals surface area contributed by atoms with Gasteiger partial charge in [0.25, 0.3) is 0 Å². The van der Waals surface area contributed by atoms with Crippen LogP contribution < -0.4 is 5.11 Å². The Labute approximate surface area is 169 Å². The minimum absolute atomic E-state index is 0.135. The Hall–Kier alpha value is -3.36. The first-order valence-corrected chi connectivity index (χ1v) is 9.45. The normalized spacial score (nSPS) is 19.7. The van der Waals surface area contributed by atoms with E-state index in [0.717, 1.165) is 36.6 Å². The molecule has 0 atom stereocenters. The summed E-state index contributed by atoms with van der Waals surface area (Å²) in [7, 11) is 0. The molecule has 9 nitrogen and oxygen atoms in total. The Balaban J connectivity index is 0.000000755. The number of aliphatic imine (C=N–C) groups is 1. The van der Waals surface area contributed by atoms with Crippen LogP contribution in [-0.4, -0.2) is 55.7 Å². The van der Waals surface area contributed by atoms with Gasteiger partial charge in [-0.05, 0) is 32.4 Å². The highest BCUT2D eigenvalue weighted by molar-refractivity contribution is 6.48. The van der Waals surface area contributed by atoms with Crippen molar-refractivity contribution >= 4 is 17.9 Å². The second-order valence-electron chi connectivity index (χ2n) is 7.36. The first kappa shape index (κ1) is 20.4. The molecule has 2 aliphatic heterocycles. The third-order valence-corrected chi connectivity index (χ3v) is 5.08. The maximum Gasteiger partial charge on any atom is 0.205 e. The monoisotopic (exact) mass is 394 g/mol. The number of carbonyl (C=O) groups is 1. The summed E-state index contributed by atoms with van der Waals surface area (Å²) in [5.41, 5.74) is 3.75. The van der Waals surface area contributed by atoms with Crippen molar-refractivity contribution in [2.75, 3.05) is 13.1 Å². The zero-order valence-electron chi connectivity index (χ0n) is 17.0. The molecule has 0 amide bonds. The summed E-state index contributed by atoms with van der Waals surface area (Å²) < 4.78 is 1.73. The molecule has 0 aromatic carbocycles. The molecule has 0 spiro atoms. The highest BCUT2D eigenvalue weighted by atomic mass is 16.3. The van der Waals surface area contributed by atoms with Crippen LogP contribution in [0.3, 0.4) is 0 Å². The molecule has 0 bridgehead atoms. The lowest BCUT2D eigenvalue weighted by Crippen LogP contribution is -2.21. The number of hydrogen-bond donors (Lipinski definition) is 0. The molecule has 1 fully saturated rings. The number of rotatable bonds is 3. The Morgan fingerprint density at radius 3 is 2.66 bits per heavy atom.